The van der Waals surface area contributed by atoms with Crippen molar-refractivity contribution in [3.63, 3.8) is 0 Å². The number of aromatic nitrogens is 2. The molecular weight excluding hydrogens is 308 g/mol. The Morgan fingerprint density at radius 1 is 1.42 bits per heavy atom. The third-order valence-electron chi connectivity index (χ3n) is 2.60. The van der Waals surface area contributed by atoms with Crippen LogP contribution < -0.4 is 16.6 Å². The molecule has 0 aliphatic rings. The number of rotatable bonds is 3. The predicted molar refractivity (Wildman–Crippen MR) is 80.7 cm³/mol. The van der Waals surface area contributed by atoms with Crippen LogP contribution in [0.2, 0.25) is 0 Å². The molecule has 0 atom stereocenters. The number of hydrogen-bond donors (Lipinski definition) is 2. The smallest absolute Gasteiger partial charge is 0.283 e. The minimum atomic E-state index is -0.163. The van der Waals surface area contributed by atoms with Crippen molar-refractivity contribution >= 4 is 33.0 Å². The Morgan fingerprint density at radius 3 is 2.79 bits per heavy atom. The molecule has 2 aromatic rings. The van der Waals surface area contributed by atoms with Gasteiger partial charge in [-0.05, 0) is 48.0 Å². The van der Waals surface area contributed by atoms with E-state index in [1.807, 2.05) is 26.0 Å². The highest BCUT2D eigenvalue weighted by Gasteiger charge is 2.10. The number of nitrogens with zero attached hydrogens (tertiary/aromatic N) is 2. The average Bonchev–Trinajstić information content (AvgIpc) is 2.35. The number of nitrogens with one attached hydrogen (secondary N) is 1. The van der Waals surface area contributed by atoms with Gasteiger partial charge in [0.2, 0.25) is 0 Å². The van der Waals surface area contributed by atoms with Crippen LogP contribution in [0.1, 0.15) is 19.9 Å². The lowest BCUT2D eigenvalue weighted by molar-refractivity contribution is 0.501. The van der Waals surface area contributed by atoms with Crippen molar-refractivity contribution in [2.75, 3.05) is 11.1 Å². The van der Waals surface area contributed by atoms with Crippen molar-refractivity contribution in [1.29, 1.82) is 0 Å². The third kappa shape index (κ3) is 2.96. The SMILES string of the molecule is CC(C)n1ncc(Nc2cccc(N)c2)c(Br)c1=O. The standard InChI is InChI=1S/C13H15BrN4O/c1-8(2)18-13(19)12(14)11(7-16-18)17-10-5-3-4-9(15)6-10/h3-8,17H,15H2,1-2H3. The van der Waals surface area contributed by atoms with Crippen LogP contribution in [0.4, 0.5) is 17.1 Å². The van der Waals surface area contributed by atoms with Gasteiger partial charge in [0.25, 0.3) is 5.56 Å². The van der Waals surface area contributed by atoms with Crippen LogP contribution in [0.15, 0.2) is 39.7 Å². The van der Waals surface area contributed by atoms with E-state index < -0.39 is 0 Å². The van der Waals surface area contributed by atoms with Gasteiger partial charge in [-0.2, -0.15) is 5.10 Å². The second-order valence-corrected chi connectivity index (χ2v) is 5.26. The highest BCUT2D eigenvalue weighted by atomic mass is 79.9. The first kappa shape index (κ1) is 13.6. The number of halogens is 1. The Bertz CT molecular complexity index is 651. The molecule has 0 fully saturated rings. The summed E-state index contributed by atoms with van der Waals surface area (Å²) in [6.45, 7) is 3.82. The molecule has 0 saturated carbocycles. The number of nitrogen functional groups attached to an aromatic ring is 1. The molecule has 0 amide bonds. The van der Waals surface area contributed by atoms with Crippen LogP contribution >= 0.6 is 15.9 Å². The molecule has 5 nitrogen and oxygen atoms in total. The van der Waals surface area contributed by atoms with Gasteiger partial charge in [0.15, 0.2) is 0 Å². The van der Waals surface area contributed by atoms with Gasteiger partial charge in [-0.15, -0.1) is 0 Å². The average molecular weight is 323 g/mol. The van der Waals surface area contributed by atoms with E-state index in [2.05, 4.69) is 26.3 Å². The van der Waals surface area contributed by atoms with Crippen molar-refractivity contribution in [3.05, 3.63) is 45.3 Å². The van der Waals surface area contributed by atoms with Crippen molar-refractivity contribution in [2.24, 2.45) is 0 Å². The minimum absolute atomic E-state index is 0.0187. The molecule has 0 saturated heterocycles. The fraction of sp³-hybridized carbons (Fsp3) is 0.231. The summed E-state index contributed by atoms with van der Waals surface area (Å²) in [6.07, 6.45) is 1.62. The molecule has 1 aromatic carbocycles. The van der Waals surface area contributed by atoms with Gasteiger partial charge in [-0.3, -0.25) is 4.79 Å². The maximum absolute atomic E-state index is 12.1. The van der Waals surface area contributed by atoms with Crippen LogP contribution in [-0.2, 0) is 0 Å². The minimum Gasteiger partial charge on any atom is -0.399 e. The molecule has 0 aliphatic carbocycles. The molecule has 0 radical (unpaired) electrons. The van der Waals surface area contributed by atoms with Crippen molar-refractivity contribution in [3.8, 4) is 0 Å². The summed E-state index contributed by atoms with van der Waals surface area (Å²) in [7, 11) is 0. The molecule has 0 spiro atoms. The van der Waals surface area contributed by atoms with Crippen LogP contribution in [-0.4, -0.2) is 9.78 Å². The molecule has 1 aromatic heterocycles. The molecule has 6 heteroatoms. The summed E-state index contributed by atoms with van der Waals surface area (Å²) in [5.41, 5.74) is 7.63. The van der Waals surface area contributed by atoms with E-state index in [4.69, 9.17) is 5.73 Å². The monoisotopic (exact) mass is 322 g/mol. The van der Waals surface area contributed by atoms with E-state index in [9.17, 15) is 4.79 Å². The Kier molecular flexibility index (Phi) is 3.90. The van der Waals surface area contributed by atoms with Gasteiger partial charge in [0.1, 0.15) is 4.47 Å². The Morgan fingerprint density at radius 2 is 2.16 bits per heavy atom. The quantitative estimate of drug-likeness (QED) is 0.852. The van der Waals surface area contributed by atoms with Crippen LogP contribution in [0.25, 0.3) is 0 Å². The van der Waals surface area contributed by atoms with Crippen LogP contribution in [0.5, 0.6) is 0 Å². The summed E-state index contributed by atoms with van der Waals surface area (Å²) in [5.74, 6) is 0. The summed E-state index contributed by atoms with van der Waals surface area (Å²) in [4.78, 5) is 12.1. The van der Waals surface area contributed by atoms with E-state index in [-0.39, 0.29) is 11.6 Å². The van der Waals surface area contributed by atoms with Gasteiger partial charge >= 0.3 is 0 Å². The van der Waals surface area contributed by atoms with Gasteiger partial charge in [0, 0.05) is 11.4 Å². The summed E-state index contributed by atoms with van der Waals surface area (Å²) < 4.78 is 1.88. The molecule has 3 N–H and O–H groups in total. The second-order valence-electron chi connectivity index (χ2n) is 4.47. The molecule has 19 heavy (non-hydrogen) atoms. The molecule has 1 heterocycles. The number of hydrogen-bond acceptors (Lipinski definition) is 4. The topological polar surface area (TPSA) is 72.9 Å². The Labute approximate surface area is 119 Å². The van der Waals surface area contributed by atoms with E-state index in [1.54, 1.807) is 18.3 Å². The zero-order valence-electron chi connectivity index (χ0n) is 10.7. The van der Waals surface area contributed by atoms with Gasteiger partial charge in [0.05, 0.1) is 17.9 Å². The summed E-state index contributed by atoms with van der Waals surface area (Å²) in [6, 6.07) is 7.33. The number of nitrogens with two attached hydrogens (primary N) is 1. The maximum atomic E-state index is 12.1. The molecular formula is C13H15BrN4O. The number of benzene rings is 1. The highest BCUT2D eigenvalue weighted by molar-refractivity contribution is 9.10. The predicted octanol–water partition coefficient (Wildman–Crippen LogP) is 2.91. The Balaban J connectivity index is 2.37. The Hall–Kier alpha value is -1.82. The molecule has 0 aliphatic heterocycles. The lowest BCUT2D eigenvalue weighted by Gasteiger charge is -2.12. The second kappa shape index (κ2) is 5.44. The molecule has 100 valence electrons. The van der Waals surface area contributed by atoms with Crippen molar-refractivity contribution < 1.29 is 0 Å². The van der Waals surface area contributed by atoms with Gasteiger partial charge in [-0.25, -0.2) is 4.68 Å². The van der Waals surface area contributed by atoms with Gasteiger partial charge in [-0.1, -0.05) is 6.07 Å². The lowest BCUT2D eigenvalue weighted by Crippen LogP contribution is -2.25. The fourth-order valence-corrected chi connectivity index (χ4v) is 2.05. The fourth-order valence-electron chi connectivity index (χ4n) is 1.67. The first-order chi connectivity index (χ1) is 8.99. The van der Waals surface area contributed by atoms with E-state index >= 15 is 0 Å². The number of anilines is 3. The molecule has 0 bridgehead atoms. The van der Waals surface area contributed by atoms with E-state index in [0.29, 0.717) is 15.8 Å². The van der Waals surface area contributed by atoms with Crippen molar-refractivity contribution in [2.45, 2.75) is 19.9 Å². The largest absolute Gasteiger partial charge is 0.399 e. The zero-order chi connectivity index (χ0) is 14.0. The zero-order valence-corrected chi connectivity index (χ0v) is 12.3. The summed E-state index contributed by atoms with van der Waals surface area (Å²) >= 11 is 3.31. The van der Waals surface area contributed by atoms with E-state index in [1.165, 1.54) is 4.68 Å². The first-order valence-electron chi connectivity index (χ1n) is 5.89. The maximum Gasteiger partial charge on any atom is 0.283 e. The van der Waals surface area contributed by atoms with Gasteiger partial charge < -0.3 is 11.1 Å². The van der Waals surface area contributed by atoms with Crippen LogP contribution in [0.3, 0.4) is 0 Å². The first-order valence-corrected chi connectivity index (χ1v) is 6.68. The highest BCUT2D eigenvalue weighted by Crippen LogP contribution is 2.23. The van der Waals surface area contributed by atoms with Crippen molar-refractivity contribution in [1.82, 2.24) is 9.78 Å². The van der Waals surface area contributed by atoms with E-state index in [0.717, 1.165) is 5.69 Å². The summed E-state index contributed by atoms with van der Waals surface area (Å²) in [5, 5.41) is 7.25. The third-order valence-corrected chi connectivity index (χ3v) is 3.36. The lowest BCUT2D eigenvalue weighted by atomic mass is 10.3. The molecule has 0 unspecified atom stereocenters. The molecule has 2 rings (SSSR count). The van der Waals surface area contributed by atoms with Crippen LogP contribution in [0, 0.1) is 0 Å². The normalized spacial score (nSPS) is 10.7.